The van der Waals surface area contributed by atoms with Gasteiger partial charge in [0.1, 0.15) is 0 Å². The van der Waals surface area contributed by atoms with Crippen LogP contribution in [0.1, 0.15) is 24.4 Å². The fraction of sp³-hybridized carbons (Fsp3) is 0.312. The molecule has 1 atom stereocenters. The molecule has 0 radical (unpaired) electrons. The minimum atomic E-state index is 0.00150. The molecule has 22 heavy (non-hydrogen) atoms. The van der Waals surface area contributed by atoms with Gasteiger partial charge in [0, 0.05) is 18.3 Å². The van der Waals surface area contributed by atoms with Crippen molar-refractivity contribution in [2.24, 2.45) is 0 Å². The fourth-order valence-electron chi connectivity index (χ4n) is 2.18. The molecule has 0 aliphatic heterocycles. The molecule has 3 aromatic rings. The lowest BCUT2D eigenvalue weighted by molar-refractivity contribution is 0.411. The van der Waals surface area contributed by atoms with E-state index in [2.05, 4.69) is 20.6 Å². The van der Waals surface area contributed by atoms with Gasteiger partial charge in [-0.25, -0.2) is 0 Å². The molecule has 6 heteroatoms. The minimum absolute atomic E-state index is 0.00150. The summed E-state index contributed by atoms with van der Waals surface area (Å²) in [5.41, 5.74) is 2.10. The number of hydrogen-bond acceptors (Lipinski definition) is 5. The van der Waals surface area contributed by atoms with Crippen LogP contribution in [0.5, 0.6) is 0 Å². The lowest BCUT2D eigenvalue weighted by atomic mass is 10.2. The van der Waals surface area contributed by atoms with Gasteiger partial charge in [0.05, 0.1) is 18.8 Å². The molecule has 0 saturated carbocycles. The van der Waals surface area contributed by atoms with Crippen molar-refractivity contribution in [3.05, 3.63) is 54.2 Å². The summed E-state index contributed by atoms with van der Waals surface area (Å²) >= 11 is 0. The van der Waals surface area contributed by atoms with Crippen LogP contribution in [0, 0.1) is 6.92 Å². The first-order valence-corrected chi connectivity index (χ1v) is 7.33. The second kappa shape index (κ2) is 6.53. The zero-order valence-corrected chi connectivity index (χ0v) is 12.7. The lowest BCUT2D eigenvalue weighted by Gasteiger charge is -2.09. The normalized spacial score (nSPS) is 12.5. The van der Waals surface area contributed by atoms with Crippen LogP contribution in [0.15, 0.2) is 47.1 Å². The molecule has 2 aromatic heterocycles. The number of aryl methyl sites for hydroxylation is 1. The van der Waals surface area contributed by atoms with E-state index in [-0.39, 0.29) is 6.04 Å². The number of nitrogens with zero attached hydrogens (tertiary/aromatic N) is 4. The van der Waals surface area contributed by atoms with Crippen LogP contribution in [0.2, 0.25) is 0 Å². The maximum absolute atomic E-state index is 5.73. The third-order valence-electron chi connectivity index (χ3n) is 3.39. The summed E-state index contributed by atoms with van der Waals surface area (Å²) in [4.78, 5) is 0. The van der Waals surface area contributed by atoms with Crippen LogP contribution in [-0.4, -0.2) is 26.5 Å². The predicted octanol–water partition coefficient (Wildman–Crippen LogP) is 2.59. The molecule has 0 aliphatic rings. The van der Waals surface area contributed by atoms with Gasteiger partial charge >= 0.3 is 0 Å². The molecule has 0 saturated heterocycles. The molecule has 0 bridgehead atoms. The number of rotatable bonds is 6. The average Bonchev–Trinajstić information content (AvgIpc) is 3.17. The summed E-state index contributed by atoms with van der Waals surface area (Å²) in [6.07, 6.45) is 3.88. The van der Waals surface area contributed by atoms with Gasteiger partial charge < -0.3 is 9.73 Å². The summed E-state index contributed by atoms with van der Waals surface area (Å²) in [7, 11) is 0. The second-order valence-corrected chi connectivity index (χ2v) is 5.27. The van der Waals surface area contributed by atoms with Crippen LogP contribution in [0.3, 0.4) is 0 Å². The first-order valence-electron chi connectivity index (χ1n) is 7.33. The second-order valence-electron chi connectivity index (χ2n) is 5.27. The molecule has 6 nitrogen and oxygen atoms in total. The van der Waals surface area contributed by atoms with Crippen LogP contribution in [-0.2, 0) is 6.54 Å². The Morgan fingerprint density at radius 3 is 2.77 bits per heavy atom. The number of nitrogens with one attached hydrogen (secondary N) is 1. The summed E-state index contributed by atoms with van der Waals surface area (Å²) in [6.45, 7) is 5.63. The quantitative estimate of drug-likeness (QED) is 0.757. The van der Waals surface area contributed by atoms with E-state index in [1.54, 1.807) is 0 Å². The van der Waals surface area contributed by atoms with Crippen LogP contribution < -0.4 is 5.32 Å². The highest BCUT2D eigenvalue weighted by atomic mass is 16.4. The van der Waals surface area contributed by atoms with Gasteiger partial charge in [-0.15, -0.1) is 10.2 Å². The molecular weight excluding hydrogens is 278 g/mol. The van der Waals surface area contributed by atoms with Crippen molar-refractivity contribution in [2.45, 2.75) is 26.4 Å². The van der Waals surface area contributed by atoms with E-state index < -0.39 is 0 Å². The van der Waals surface area contributed by atoms with E-state index in [9.17, 15) is 0 Å². The molecule has 114 valence electrons. The first kappa shape index (κ1) is 14.5. The van der Waals surface area contributed by atoms with E-state index in [0.717, 1.165) is 24.2 Å². The van der Waals surface area contributed by atoms with E-state index in [0.29, 0.717) is 11.8 Å². The molecular formula is C16H19N5O. The molecule has 0 spiro atoms. The van der Waals surface area contributed by atoms with Gasteiger partial charge in [0.15, 0.2) is 0 Å². The summed E-state index contributed by atoms with van der Waals surface area (Å²) < 4.78 is 7.65. The molecule has 0 fully saturated rings. The number of benzene rings is 1. The van der Waals surface area contributed by atoms with Gasteiger partial charge in [-0.05, 0) is 31.5 Å². The van der Waals surface area contributed by atoms with Gasteiger partial charge in [-0.2, -0.15) is 5.10 Å². The SMILES string of the molecule is Cc1cnn(CCNC(C)c2nnc(-c3ccccc3)o2)c1. The van der Waals surface area contributed by atoms with Crippen molar-refractivity contribution in [2.75, 3.05) is 6.54 Å². The first-order chi connectivity index (χ1) is 10.7. The summed E-state index contributed by atoms with van der Waals surface area (Å²) in [5, 5.41) is 15.8. The van der Waals surface area contributed by atoms with Gasteiger partial charge in [-0.1, -0.05) is 18.2 Å². The van der Waals surface area contributed by atoms with Crippen LogP contribution in [0.4, 0.5) is 0 Å². The zero-order chi connectivity index (χ0) is 15.4. The topological polar surface area (TPSA) is 68.8 Å². The smallest absolute Gasteiger partial charge is 0.247 e. The number of hydrogen-bond donors (Lipinski definition) is 1. The number of aromatic nitrogens is 4. The van der Waals surface area contributed by atoms with Crippen molar-refractivity contribution in [3.8, 4) is 11.5 Å². The zero-order valence-electron chi connectivity index (χ0n) is 12.7. The highest BCUT2D eigenvalue weighted by molar-refractivity contribution is 5.51. The molecule has 1 unspecified atom stereocenters. The Morgan fingerprint density at radius 2 is 2.05 bits per heavy atom. The Balaban J connectivity index is 1.56. The average molecular weight is 297 g/mol. The van der Waals surface area contributed by atoms with Crippen molar-refractivity contribution < 1.29 is 4.42 Å². The van der Waals surface area contributed by atoms with Gasteiger partial charge in [0.2, 0.25) is 11.8 Å². The Hall–Kier alpha value is -2.47. The van der Waals surface area contributed by atoms with Gasteiger partial charge in [0.25, 0.3) is 0 Å². The largest absolute Gasteiger partial charge is 0.419 e. The predicted molar refractivity (Wildman–Crippen MR) is 83.1 cm³/mol. The Bertz CT molecular complexity index is 719. The summed E-state index contributed by atoms with van der Waals surface area (Å²) in [5.74, 6) is 1.14. The minimum Gasteiger partial charge on any atom is -0.419 e. The Kier molecular flexibility index (Phi) is 4.29. The van der Waals surface area contributed by atoms with E-state index >= 15 is 0 Å². The van der Waals surface area contributed by atoms with E-state index in [1.807, 2.05) is 61.3 Å². The van der Waals surface area contributed by atoms with Crippen molar-refractivity contribution in [1.29, 1.82) is 0 Å². The monoisotopic (exact) mass is 297 g/mol. The van der Waals surface area contributed by atoms with Crippen molar-refractivity contribution >= 4 is 0 Å². The third kappa shape index (κ3) is 3.40. The fourth-order valence-corrected chi connectivity index (χ4v) is 2.18. The third-order valence-corrected chi connectivity index (χ3v) is 3.39. The maximum Gasteiger partial charge on any atom is 0.247 e. The lowest BCUT2D eigenvalue weighted by Crippen LogP contribution is -2.23. The van der Waals surface area contributed by atoms with Crippen LogP contribution in [0.25, 0.3) is 11.5 Å². The highest BCUT2D eigenvalue weighted by Crippen LogP contribution is 2.19. The van der Waals surface area contributed by atoms with E-state index in [4.69, 9.17) is 4.42 Å². The molecule has 2 heterocycles. The van der Waals surface area contributed by atoms with Gasteiger partial charge in [-0.3, -0.25) is 4.68 Å². The van der Waals surface area contributed by atoms with E-state index in [1.165, 1.54) is 0 Å². The molecule has 1 N–H and O–H groups in total. The maximum atomic E-state index is 5.73. The summed E-state index contributed by atoms with van der Waals surface area (Å²) in [6, 6.07) is 9.77. The van der Waals surface area contributed by atoms with Crippen molar-refractivity contribution in [1.82, 2.24) is 25.3 Å². The Labute approximate surface area is 129 Å². The Morgan fingerprint density at radius 1 is 1.23 bits per heavy atom. The molecule has 1 aromatic carbocycles. The highest BCUT2D eigenvalue weighted by Gasteiger charge is 2.14. The molecule has 0 aliphatic carbocycles. The van der Waals surface area contributed by atoms with Crippen molar-refractivity contribution in [3.63, 3.8) is 0 Å². The van der Waals surface area contributed by atoms with Crippen LogP contribution >= 0.6 is 0 Å². The molecule has 0 amide bonds. The molecule has 3 rings (SSSR count). The standard InChI is InChI=1S/C16H19N5O/c1-12-10-18-21(11-12)9-8-17-13(2)15-19-20-16(22-15)14-6-4-3-5-7-14/h3-7,10-11,13,17H,8-9H2,1-2H3.